The number of nitrogens with zero attached hydrogens (tertiary/aromatic N) is 1. The largest absolute Gasteiger partial charge is 0.454 e. The van der Waals surface area contributed by atoms with Crippen LogP contribution in [0.4, 0.5) is 4.79 Å². The van der Waals surface area contributed by atoms with Gasteiger partial charge in [-0.25, -0.2) is 14.6 Å². The molecule has 9 nitrogen and oxygen atoms in total. The number of esters is 1. The molecule has 2 heterocycles. The molecule has 3 amide bonds. The molecule has 3 N–H and O–H groups in total. The van der Waals surface area contributed by atoms with Crippen molar-refractivity contribution in [2.75, 3.05) is 13.4 Å². The molecular formula is C24H19N3O6. The summed E-state index contributed by atoms with van der Waals surface area (Å²) in [4.78, 5) is 40.3. The van der Waals surface area contributed by atoms with Gasteiger partial charge in [-0.3, -0.25) is 10.1 Å². The van der Waals surface area contributed by atoms with Gasteiger partial charge in [0.1, 0.15) is 0 Å². The van der Waals surface area contributed by atoms with E-state index in [0.29, 0.717) is 40.8 Å². The third-order valence-corrected chi connectivity index (χ3v) is 5.48. The summed E-state index contributed by atoms with van der Waals surface area (Å²) in [6, 6.07) is 12.0. The number of aromatic nitrogens is 1. The number of ether oxygens (including phenoxy) is 3. The van der Waals surface area contributed by atoms with Gasteiger partial charge in [-0.05, 0) is 53.8 Å². The van der Waals surface area contributed by atoms with E-state index in [0.717, 1.165) is 22.4 Å². The maximum atomic E-state index is 13.0. The standard InChI is InChI=1S/C24H19N3O6/c25-24(30)27-20(28)11-31-23(29)21-15-3-1-2-4-17(15)26-22-14(6-7-16(21)22)9-13-5-8-18-19(10-13)33-12-32-18/h1-5,8-10H,6-7,11-12H2,(H3,25,27,28,30)/b14-9+. The minimum Gasteiger partial charge on any atom is -0.454 e. The van der Waals surface area contributed by atoms with Gasteiger partial charge in [0.25, 0.3) is 5.91 Å². The van der Waals surface area contributed by atoms with Crippen LogP contribution in [0, 0.1) is 0 Å². The molecule has 5 rings (SSSR count). The number of pyridine rings is 1. The Bertz CT molecular complexity index is 1350. The zero-order valence-corrected chi connectivity index (χ0v) is 17.4. The van der Waals surface area contributed by atoms with Crippen molar-refractivity contribution in [3.05, 3.63) is 64.8 Å². The summed E-state index contributed by atoms with van der Waals surface area (Å²) in [5.74, 6) is -0.0610. The molecule has 0 saturated carbocycles. The van der Waals surface area contributed by atoms with E-state index in [4.69, 9.17) is 24.9 Å². The summed E-state index contributed by atoms with van der Waals surface area (Å²) in [6.45, 7) is -0.415. The molecule has 2 aliphatic rings. The predicted octanol–water partition coefficient (Wildman–Crippen LogP) is 2.80. The first kappa shape index (κ1) is 20.5. The van der Waals surface area contributed by atoms with Crippen LogP contribution < -0.4 is 20.5 Å². The highest BCUT2D eigenvalue weighted by atomic mass is 16.7. The first-order chi connectivity index (χ1) is 16.0. The Balaban J connectivity index is 1.52. The molecule has 0 atom stereocenters. The normalized spacial score (nSPS) is 14.8. The van der Waals surface area contributed by atoms with Crippen LogP contribution in [-0.2, 0) is 16.0 Å². The second kappa shape index (κ2) is 8.27. The SMILES string of the molecule is NC(=O)NC(=O)COC(=O)c1c2c(nc3ccccc13)/C(=C/c1ccc3c(c1)OCO3)CC2. The van der Waals surface area contributed by atoms with Gasteiger partial charge in [0, 0.05) is 5.39 Å². The second-order valence-electron chi connectivity index (χ2n) is 7.60. The topological polar surface area (TPSA) is 130 Å². The number of hydrogen-bond acceptors (Lipinski definition) is 7. The fourth-order valence-corrected chi connectivity index (χ4v) is 4.09. The number of nitrogens with two attached hydrogens (primary N) is 1. The number of primary amides is 1. The van der Waals surface area contributed by atoms with Crippen molar-refractivity contribution < 1.29 is 28.6 Å². The van der Waals surface area contributed by atoms with E-state index in [2.05, 4.69) is 0 Å². The summed E-state index contributed by atoms with van der Waals surface area (Å²) < 4.78 is 16.0. The van der Waals surface area contributed by atoms with Crippen molar-refractivity contribution in [1.82, 2.24) is 10.3 Å². The van der Waals surface area contributed by atoms with Crippen LogP contribution in [0.3, 0.4) is 0 Å². The number of rotatable bonds is 4. The third kappa shape index (κ3) is 3.96. The van der Waals surface area contributed by atoms with Crippen LogP contribution >= 0.6 is 0 Å². The summed E-state index contributed by atoms with van der Waals surface area (Å²) in [6.07, 6.45) is 3.31. The molecule has 0 bridgehead atoms. The number of fused-ring (bicyclic) bond motifs is 3. The number of carbonyl (C=O) groups excluding carboxylic acids is 3. The van der Waals surface area contributed by atoms with Crippen molar-refractivity contribution in [2.45, 2.75) is 12.8 Å². The number of imide groups is 1. The van der Waals surface area contributed by atoms with Crippen LogP contribution in [0.25, 0.3) is 22.6 Å². The maximum Gasteiger partial charge on any atom is 0.339 e. The smallest absolute Gasteiger partial charge is 0.339 e. The lowest BCUT2D eigenvalue weighted by Crippen LogP contribution is -2.37. The second-order valence-corrected chi connectivity index (χ2v) is 7.60. The fraction of sp³-hybridized carbons (Fsp3) is 0.167. The maximum absolute atomic E-state index is 13.0. The van der Waals surface area contributed by atoms with E-state index < -0.39 is 24.5 Å². The van der Waals surface area contributed by atoms with Gasteiger partial charge in [0.2, 0.25) is 6.79 Å². The van der Waals surface area contributed by atoms with E-state index in [1.54, 1.807) is 6.07 Å². The first-order valence-corrected chi connectivity index (χ1v) is 10.3. The fourth-order valence-electron chi connectivity index (χ4n) is 4.09. The number of para-hydroxylation sites is 1. The van der Waals surface area contributed by atoms with Gasteiger partial charge in [-0.1, -0.05) is 24.3 Å². The Morgan fingerprint density at radius 2 is 1.91 bits per heavy atom. The van der Waals surface area contributed by atoms with Gasteiger partial charge in [0.15, 0.2) is 18.1 Å². The van der Waals surface area contributed by atoms with Crippen LogP contribution in [-0.4, -0.2) is 36.3 Å². The van der Waals surface area contributed by atoms with Crippen molar-refractivity contribution >= 4 is 40.5 Å². The third-order valence-electron chi connectivity index (χ3n) is 5.48. The van der Waals surface area contributed by atoms with Crippen molar-refractivity contribution in [3.8, 4) is 11.5 Å². The van der Waals surface area contributed by atoms with Crippen LogP contribution in [0.2, 0.25) is 0 Å². The Kier molecular flexibility index (Phi) is 5.14. The number of carbonyl (C=O) groups is 3. The van der Waals surface area contributed by atoms with Crippen molar-refractivity contribution in [2.24, 2.45) is 5.73 Å². The molecule has 1 aliphatic heterocycles. The van der Waals surface area contributed by atoms with Crippen LogP contribution in [0.1, 0.15) is 33.6 Å². The van der Waals surface area contributed by atoms with Crippen molar-refractivity contribution in [1.29, 1.82) is 0 Å². The average Bonchev–Trinajstić information content (AvgIpc) is 3.42. The highest BCUT2D eigenvalue weighted by Crippen LogP contribution is 2.39. The summed E-state index contributed by atoms with van der Waals surface area (Å²) in [5, 5.41) is 2.51. The Labute approximate surface area is 188 Å². The summed E-state index contributed by atoms with van der Waals surface area (Å²) >= 11 is 0. The number of hydrogen-bond donors (Lipinski definition) is 2. The molecule has 1 aromatic heterocycles. The molecule has 166 valence electrons. The van der Waals surface area contributed by atoms with Crippen LogP contribution in [0.5, 0.6) is 11.5 Å². The number of allylic oxidation sites excluding steroid dienone is 1. The number of nitrogens with one attached hydrogen (secondary N) is 1. The molecule has 0 saturated heterocycles. The lowest BCUT2D eigenvalue weighted by Gasteiger charge is -2.12. The monoisotopic (exact) mass is 445 g/mol. The zero-order chi connectivity index (χ0) is 22.9. The molecule has 33 heavy (non-hydrogen) atoms. The molecule has 0 spiro atoms. The van der Waals surface area contributed by atoms with E-state index in [-0.39, 0.29) is 6.79 Å². The Morgan fingerprint density at radius 1 is 1.09 bits per heavy atom. The highest BCUT2D eigenvalue weighted by Gasteiger charge is 2.28. The number of urea groups is 1. The minimum absolute atomic E-state index is 0.203. The molecule has 2 aromatic carbocycles. The molecule has 0 fully saturated rings. The molecule has 0 radical (unpaired) electrons. The van der Waals surface area contributed by atoms with E-state index >= 15 is 0 Å². The lowest BCUT2D eigenvalue weighted by molar-refractivity contribution is -0.123. The molecular weight excluding hydrogens is 426 g/mol. The van der Waals surface area contributed by atoms with Crippen molar-refractivity contribution in [3.63, 3.8) is 0 Å². The van der Waals surface area contributed by atoms with Gasteiger partial charge < -0.3 is 19.9 Å². The van der Waals surface area contributed by atoms with Crippen LogP contribution in [0.15, 0.2) is 42.5 Å². The average molecular weight is 445 g/mol. The predicted molar refractivity (Wildman–Crippen MR) is 119 cm³/mol. The van der Waals surface area contributed by atoms with Gasteiger partial charge >= 0.3 is 12.0 Å². The highest BCUT2D eigenvalue weighted by molar-refractivity contribution is 6.08. The van der Waals surface area contributed by atoms with Gasteiger partial charge in [0.05, 0.1) is 16.8 Å². The summed E-state index contributed by atoms with van der Waals surface area (Å²) in [5.41, 5.74) is 9.34. The van der Waals surface area contributed by atoms with E-state index in [1.807, 2.05) is 47.8 Å². The molecule has 3 aromatic rings. The summed E-state index contributed by atoms with van der Waals surface area (Å²) in [7, 11) is 0. The molecule has 9 heteroatoms. The zero-order valence-electron chi connectivity index (χ0n) is 17.4. The van der Waals surface area contributed by atoms with E-state index in [9.17, 15) is 14.4 Å². The van der Waals surface area contributed by atoms with Gasteiger partial charge in [-0.15, -0.1) is 0 Å². The Morgan fingerprint density at radius 3 is 2.76 bits per heavy atom. The van der Waals surface area contributed by atoms with E-state index in [1.165, 1.54) is 0 Å². The molecule has 0 unspecified atom stereocenters. The van der Waals surface area contributed by atoms with Gasteiger partial charge in [-0.2, -0.15) is 0 Å². The lowest BCUT2D eigenvalue weighted by atomic mass is 10.0. The number of benzene rings is 2. The minimum atomic E-state index is -1.01. The molecule has 1 aliphatic carbocycles. The number of amides is 3. The first-order valence-electron chi connectivity index (χ1n) is 10.3. The Hall–Kier alpha value is -4.40. The quantitative estimate of drug-likeness (QED) is 0.591.